The molecule has 1 aromatic heterocycles. The highest BCUT2D eigenvalue weighted by atomic mass is 127. The zero-order valence-corrected chi connectivity index (χ0v) is 11.4. The molecule has 0 unspecified atom stereocenters. The van der Waals surface area contributed by atoms with Crippen molar-refractivity contribution in [3.05, 3.63) is 22.2 Å². The lowest BCUT2D eigenvalue weighted by molar-refractivity contribution is 0.114. The molecule has 0 fully saturated rings. The SMILES string of the molecule is Clc1cc(Cl)c2nnn(OCC#CI)c2c1. The minimum absolute atomic E-state index is 0.228. The van der Waals surface area contributed by atoms with Crippen LogP contribution in [0.3, 0.4) is 0 Å². The molecular formula is C9H4Cl2IN3O. The van der Waals surface area contributed by atoms with Crippen LogP contribution in [0.5, 0.6) is 0 Å². The predicted molar refractivity (Wildman–Crippen MR) is 70.8 cm³/mol. The van der Waals surface area contributed by atoms with E-state index in [1.165, 1.54) is 4.85 Å². The highest BCUT2D eigenvalue weighted by molar-refractivity contribution is 14.1. The summed E-state index contributed by atoms with van der Waals surface area (Å²) in [6.45, 7) is 0.228. The quantitative estimate of drug-likeness (QED) is 0.605. The Morgan fingerprint density at radius 3 is 3.00 bits per heavy atom. The Morgan fingerprint density at radius 2 is 2.25 bits per heavy atom. The molecule has 0 spiro atoms. The van der Waals surface area contributed by atoms with Crippen molar-refractivity contribution in [3.8, 4) is 9.85 Å². The summed E-state index contributed by atoms with van der Waals surface area (Å²) in [5.74, 6) is 2.74. The first-order chi connectivity index (χ1) is 7.72. The van der Waals surface area contributed by atoms with Crippen LogP contribution in [0, 0.1) is 9.85 Å². The maximum absolute atomic E-state index is 5.95. The Kier molecular flexibility index (Phi) is 3.74. The van der Waals surface area contributed by atoms with Gasteiger partial charge in [0.15, 0.2) is 6.61 Å². The van der Waals surface area contributed by atoms with Crippen molar-refractivity contribution < 1.29 is 4.84 Å². The van der Waals surface area contributed by atoms with Crippen LogP contribution in [0.4, 0.5) is 0 Å². The fourth-order valence-electron chi connectivity index (χ4n) is 1.15. The Bertz CT molecular complexity index is 587. The molecule has 1 aromatic carbocycles. The summed E-state index contributed by atoms with van der Waals surface area (Å²) < 4.78 is 2.68. The zero-order chi connectivity index (χ0) is 11.5. The third kappa shape index (κ3) is 2.34. The van der Waals surface area contributed by atoms with Crippen LogP contribution >= 0.6 is 45.8 Å². The van der Waals surface area contributed by atoms with E-state index in [0.717, 1.165) is 0 Å². The topological polar surface area (TPSA) is 39.9 Å². The minimum atomic E-state index is 0.228. The lowest BCUT2D eigenvalue weighted by Crippen LogP contribution is -2.13. The van der Waals surface area contributed by atoms with Gasteiger partial charge in [-0.15, -0.1) is 5.10 Å². The lowest BCUT2D eigenvalue weighted by atomic mass is 10.3. The molecule has 0 aliphatic heterocycles. The first-order valence-electron chi connectivity index (χ1n) is 4.14. The second-order valence-corrected chi connectivity index (χ2v) is 4.15. The van der Waals surface area contributed by atoms with E-state index < -0.39 is 0 Å². The van der Waals surface area contributed by atoms with Gasteiger partial charge in [0.1, 0.15) is 11.0 Å². The van der Waals surface area contributed by atoms with E-state index in [-0.39, 0.29) is 6.61 Å². The Hall–Kier alpha value is -0.710. The van der Waals surface area contributed by atoms with Gasteiger partial charge in [-0.3, -0.25) is 0 Å². The maximum atomic E-state index is 5.95. The van der Waals surface area contributed by atoms with Gasteiger partial charge in [-0.25, -0.2) is 0 Å². The van der Waals surface area contributed by atoms with Crippen LogP contribution in [0.1, 0.15) is 0 Å². The van der Waals surface area contributed by atoms with Crippen molar-refractivity contribution in [3.63, 3.8) is 0 Å². The van der Waals surface area contributed by atoms with E-state index in [4.69, 9.17) is 28.0 Å². The normalized spacial score (nSPS) is 9.94. The monoisotopic (exact) mass is 367 g/mol. The van der Waals surface area contributed by atoms with Gasteiger partial charge < -0.3 is 4.84 Å². The number of nitrogens with zero attached hydrogens (tertiary/aromatic N) is 3. The molecule has 2 aromatic rings. The molecule has 0 aliphatic carbocycles. The molecule has 2 rings (SSSR count). The van der Waals surface area contributed by atoms with Gasteiger partial charge in [-0.05, 0) is 27.2 Å². The third-order valence-corrected chi connectivity index (χ3v) is 2.65. The van der Waals surface area contributed by atoms with Crippen molar-refractivity contribution in [2.24, 2.45) is 0 Å². The molecule has 0 saturated carbocycles. The summed E-state index contributed by atoms with van der Waals surface area (Å²) in [5.41, 5.74) is 1.17. The Morgan fingerprint density at radius 1 is 1.44 bits per heavy atom. The smallest absolute Gasteiger partial charge is 0.178 e. The number of benzene rings is 1. The van der Waals surface area contributed by atoms with E-state index >= 15 is 0 Å². The van der Waals surface area contributed by atoms with Gasteiger partial charge in [0.25, 0.3) is 0 Å². The van der Waals surface area contributed by atoms with E-state index in [1.807, 2.05) is 22.6 Å². The van der Waals surface area contributed by atoms with E-state index in [0.29, 0.717) is 21.1 Å². The van der Waals surface area contributed by atoms with Gasteiger partial charge in [0, 0.05) is 27.6 Å². The molecule has 0 atom stereocenters. The van der Waals surface area contributed by atoms with Crippen LogP contribution in [0.2, 0.25) is 10.0 Å². The molecule has 0 aliphatic rings. The summed E-state index contributed by atoms with van der Waals surface area (Å²) in [6, 6.07) is 3.29. The Balaban J connectivity index is 2.42. The molecule has 1 heterocycles. The molecule has 4 nitrogen and oxygen atoms in total. The van der Waals surface area contributed by atoms with Crippen molar-refractivity contribution in [2.75, 3.05) is 6.61 Å². The van der Waals surface area contributed by atoms with E-state index in [9.17, 15) is 0 Å². The molecule has 0 saturated heterocycles. The third-order valence-electron chi connectivity index (χ3n) is 1.77. The molecule has 0 N–H and O–H groups in total. The molecule has 16 heavy (non-hydrogen) atoms. The first kappa shape index (κ1) is 11.8. The van der Waals surface area contributed by atoms with Crippen LogP contribution in [0.25, 0.3) is 11.0 Å². The van der Waals surface area contributed by atoms with Gasteiger partial charge in [0.05, 0.1) is 5.02 Å². The minimum Gasteiger partial charge on any atom is -0.382 e. The largest absolute Gasteiger partial charge is 0.382 e. The summed E-state index contributed by atoms with van der Waals surface area (Å²) in [7, 11) is 0. The fraction of sp³-hybridized carbons (Fsp3) is 0.111. The van der Waals surface area contributed by atoms with Crippen LogP contribution in [-0.2, 0) is 0 Å². The molecule has 0 amide bonds. The summed E-state index contributed by atoms with van der Waals surface area (Å²) >= 11 is 13.8. The summed E-state index contributed by atoms with van der Waals surface area (Å²) in [4.78, 5) is 6.52. The van der Waals surface area contributed by atoms with E-state index in [2.05, 4.69) is 20.2 Å². The standard InChI is InChI=1S/C9H4Cl2IN3O/c10-6-4-7(11)9-8(5-6)15(14-13-9)16-3-1-2-12/h4-5H,3H2. The van der Waals surface area contributed by atoms with Gasteiger partial charge >= 0.3 is 0 Å². The number of halogens is 3. The van der Waals surface area contributed by atoms with Gasteiger partial charge in [0.2, 0.25) is 0 Å². The molecule has 0 radical (unpaired) electrons. The molecule has 0 bridgehead atoms. The zero-order valence-electron chi connectivity index (χ0n) is 7.75. The van der Waals surface area contributed by atoms with Crippen molar-refractivity contribution >= 4 is 56.8 Å². The average Bonchev–Trinajstić information content (AvgIpc) is 2.62. The number of fused-ring (bicyclic) bond motifs is 1. The van der Waals surface area contributed by atoms with Crippen LogP contribution < -0.4 is 4.84 Å². The summed E-state index contributed by atoms with van der Waals surface area (Å²) in [6.07, 6.45) is 0. The maximum Gasteiger partial charge on any atom is 0.178 e. The van der Waals surface area contributed by atoms with Crippen LogP contribution in [-0.4, -0.2) is 21.8 Å². The Labute approximate surface area is 115 Å². The average molecular weight is 368 g/mol. The number of rotatable bonds is 2. The molecular weight excluding hydrogens is 364 g/mol. The highest BCUT2D eigenvalue weighted by Crippen LogP contribution is 2.25. The second kappa shape index (κ2) is 5.08. The van der Waals surface area contributed by atoms with Crippen molar-refractivity contribution in [1.82, 2.24) is 15.2 Å². The number of aromatic nitrogens is 3. The number of hydrogen-bond acceptors (Lipinski definition) is 3. The molecule has 7 heteroatoms. The van der Waals surface area contributed by atoms with Gasteiger partial charge in [-0.1, -0.05) is 28.0 Å². The fourth-order valence-corrected chi connectivity index (χ4v) is 1.82. The lowest BCUT2D eigenvalue weighted by Gasteiger charge is -2.01. The first-order valence-corrected chi connectivity index (χ1v) is 5.98. The van der Waals surface area contributed by atoms with Gasteiger partial charge in [-0.2, -0.15) is 0 Å². The van der Waals surface area contributed by atoms with Crippen molar-refractivity contribution in [1.29, 1.82) is 0 Å². The van der Waals surface area contributed by atoms with Crippen LogP contribution in [0.15, 0.2) is 12.1 Å². The number of hydrogen-bond donors (Lipinski definition) is 0. The van der Waals surface area contributed by atoms with E-state index in [1.54, 1.807) is 12.1 Å². The predicted octanol–water partition coefficient (Wildman–Crippen LogP) is 2.56. The second-order valence-electron chi connectivity index (χ2n) is 2.76. The summed E-state index contributed by atoms with van der Waals surface area (Å²) in [5, 5.41) is 8.63. The molecule has 82 valence electrons. The van der Waals surface area contributed by atoms with Crippen molar-refractivity contribution in [2.45, 2.75) is 0 Å². The highest BCUT2D eigenvalue weighted by Gasteiger charge is 2.09.